The molecule has 0 aliphatic carbocycles. The molecule has 0 bridgehead atoms. The second-order valence-corrected chi connectivity index (χ2v) is 5.84. The maximum atomic E-state index is 3.38. The topological polar surface area (TPSA) is 15.3 Å². The highest BCUT2D eigenvalue weighted by molar-refractivity contribution is 4.83. The molecule has 98 valence electrons. The third-order valence-electron chi connectivity index (χ3n) is 3.95. The van der Waals surface area contributed by atoms with Crippen LogP contribution in [0.1, 0.15) is 48.0 Å². The average molecular weight is 228 g/mol. The lowest BCUT2D eigenvalue weighted by molar-refractivity contribution is 0.136. The van der Waals surface area contributed by atoms with E-state index < -0.39 is 0 Å². The standard InChI is InChI=1S/C14H32N2/c1-8-12(3)10-16(9-2)11-14(5,6)13(4)15-7/h12-13,15H,8-11H2,1-7H3. The first kappa shape index (κ1) is 15.9. The van der Waals surface area contributed by atoms with E-state index in [9.17, 15) is 0 Å². The van der Waals surface area contributed by atoms with Crippen molar-refractivity contribution in [3.8, 4) is 0 Å². The Labute approximate surface area is 103 Å². The first-order chi connectivity index (χ1) is 7.37. The molecule has 2 nitrogen and oxygen atoms in total. The SMILES string of the molecule is CCC(C)CN(CC)CC(C)(C)C(C)NC. The summed E-state index contributed by atoms with van der Waals surface area (Å²) in [4.78, 5) is 2.59. The van der Waals surface area contributed by atoms with Gasteiger partial charge in [0.2, 0.25) is 0 Å². The molecule has 0 saturated heterocycles. The van der Waals surface area contributed by atoms with Crippen LogP contribution in [-0.2, 0) is 0 Å². The van der Waals surface area contributed by atoms with Gasteiger partial charge < -0.3 is 10.2 Å². The minimum atomic E-state index is 0.332. The zero-order valence-electron chi connectivity index (χ0n) is 12.4. The first-order valence-corrected chi connectivity index (χ1v) is 6.76. The van der Waals surface area contributed by atoms with Crippen LogP contribution in [0.2, 0.25) is 0 Å². The largest absolute Gasteiger partial charge is 0.317 e. The van der Waals surface area contributed by atoms with E-state index >= 15 is 0 Å². The van der Waals surface area contributed by atoms with Crippen molar-refractivity contribution < 1.29 is 0 Å². The molecule has 2 heteroatoms. The Balaban J connectivity index is 4.29. The predicted molar refractivity (Wildman–Crippen MR) is 73.9 cm³/mol. The molecule has 0 rings (SSSR count). The first-order valence-electron chi connectivity index (χ1n) is 6.76. The van der Waals surface area contributed by atoms with Crippen LogP contribution >= 0.6 is 0 Å². The van der Waals surface area contributed by atoms with Crippen LogP contribution in [0, 0.1) is 11.3 Å². The number of hydrogen-bond donors (Lipinski definition) is 1. The van der Waals surface area contributed by atoms with Gasteiger partial charge in [-0.1, -0.05) is 41.0 Å². The van der Waals surface area contributed by atoms with E-state index in [2.05, 4.69) is 58.8 Å². The maximum absolute atomic E-state index is 3.38. The molecule has 0 amide bonds. The number of nitrogens with zero attached hydrogens (tertiary/aromatic N) is 1. The van der Waals surface area contributed by atoms with Crippen molar-refractivity contribution in [2.75, 3.05) is 26.7 Å². The number of nitrogens with one attached hydrogen (secondary N) is 1. The third-order valence-corrected chi connectivity index (χ3v) is 3.95. The van der Waals surface area contributed by atoms with Crippen LogP contribution in [0.15, 0.2) is 0 Å². The molecular weight excluding hydrogens is 196 g/mol. The second kappa shape index (κ2) is 7.29. The van der Waals surface area contributed by atoms with Crippen LogP contribution < -0.4 is 5.32 Å². The Hall–Kier alpha value is -0.0800. The van der Waals surface area contributed by atoms with Gasteiger partial charge in [0.1, 0.15) is 0 Å². The van der Waals surface area contributed by atoms with Crippen molar-refractivity contribution in [3.05, 3.63) is 0 Å². The molecule has 0 aromatic rings. The predicted octanol–water partition coefficient (Wildman–Crippen LogP) is 2.99. The van der Waals surface area contributed by atoms with E-state index in [0.717, 1.165) is 12.5 Å². The Kier molecular flexibility index (Phi) is 7.25. The third kappa shape index (κ3) is 5.31. The molecule has 0 spiro atoms. The fourth-order valence-electron chi connectivity index (χ4n) is 1.98. The van der Waals surface area contributed by atoms with Gasteiger partial charge in [-0.3, -0.25) is 0 Å². The molecule has 0 aliphatic rings. The van der Waals surface area contributed by atoms with Crippen LogP contribution in [0.4, 0.5) is 0 Å². The molecule has 1 N–H and O–H groups in total. The lowest BCUT2D eigenvalue weighted by Gasteiger charge is -2.37. The average Bonchev–Trinajstić information content (AvgIpc) is 2.26. The van der Waals surface area contributed by atoms with E-state index in [1.807, 2.05) is 0 Å². The molecular formula is C14H32N2. The highest BCUT2D eigenvalue weighted by atomic mass is 15.1. The molecule has 0 aliphatic heterocycles. The fraction of sp³-hybridized carbons (Fsp3) is 1.00. The lowest BCUT2D eigenvalue weighted by Crippen LogP contribution is -2.46. The lowest BCUT2D eigenvalue weighted by atomic mass is 9.84. The van der Waals surface area contributed by atoms with Crippen molar-refractivity contribution in [3.63, 3.8) is 0 Å². The normalized spacial score (nSPS) is 16.5. The molecule has 2 unspecified atom stereocenters. The minimum absolute atomic E-state index is 0.332. The zero-order chi connectivity index (χ0) is 12.8. The second-order valence-electron chi connectivity index (χ2n) is 5.84. The molecule has 0 fully saturated rings. The molecule has 0 aromatic carbocycles. The summed E-state index contributed by atoms with van der Waals surface area (Å²) in [6.07, 6.45) is 1.28. The molecule has 0 saturated carbocycles. The van der Waals surface area contributed by atoms with Gasteiger partial charge in [-0.2, -0.15) is 0 Å². The fourth-order valence-corrected chi connectivity index (χ4v) is 1.98. The Morgan fingerprint density at radius 3 is 2.12 bits per heavy atom. The van der Waals surface area contributed by atoms with Crippen LogP contribution in [0.3, 0.4) is 0 Å². The quantitative estimate of drug-likeness (QED) is 0.687. The van der Waals surface area contributed by atoms with Crippen molar-refractivity contribution >= 4 is 0 Å². The van der Waals surface area contributed by atoms with Gasteiger partial charge in [0, 0.05) is 19.1 Å². The van der Waals surface area contributed by atoms with Gasteiger partial charge in [-0.15, -0.1) is 0 Å². The molecule has 0 heterocycles. The van der Waals surface area contributed by atoms with E-state index in [1.165, 1.54) is 19.5 Å². The minimum Gasteiger partial charge on any atom is -0.317 e. The smallest absolute Gasteiger partial charge is 0.00991 e. The van der Waals surface area contributed by atoms with Crippen molar-refractivity contribution in [2.45, 2.75) is 54.0 Å². The molecule has 0 radical (unpaired) electrons. The van der Waals surface area contributed by atoms with Gasteiger partial charge in [-0.05, 0) is 31.8 Å². The Bertz CT molecular complexity index is 178. The van der Waals surface area contributed by atoms with Crippen LogP contribution in [0.25, 0.3) is 0 Å². The zero-order valence-corrected chi connectivity index (χ0v) is 12.4. The maximum Gasteiger partial charge on any atom is 0.00991 e. The molecule has 2 atom stereocenters. The van der Waals surface area contributed by atoms with Crippen molar-refractivity contribution in [1.29, 1.82) is 0 Å². The Morgan fingerprint density at radius 1 is 1.19 bits per heavy atom. The van der Waals surface area contributed by atoms with Crippen LogP contribution in [0.5, 0.6) is 0 Å². The summed E-state index contributed by atoms with van der Waals surface area (Å²) in [6, 6.07) is 0.554. The number of hydrogen-bond acceptors (Lipinski definition) is 2. The van der Waals surface area contributed by atoms with Gasteiger partial charge in [0.05, 0.1) is 0 Å². The number of rotatable bonds is 8. The highest BCUT2D eigenvalue weighted by Gasteiger charge is 2.27. The van der Waals surface area contributed by atoms with Crippen molar-refractivity contribution in [2.24, 2.45) is 11.3 Å². The molecule has 0 aromatic heterocycles. The van der Waals surface area contributed by atoms with E-state index in [4.69, 9.17) is 0 Å². The summed E-state index contributed by atoms with van der Waals surface area (Å²) in [7, 11) is 2.05. The van der Waals surface area contributed by atoms with Crippen LogP contribution in [-0.4, -0.2) is 37.6 Å². The molecule has 16 heavy (non-hydrogen) atoms. The van der Waals surface area contributed by atoms with Gasteiger partial charge >= 0.3 is 0 Å². The van der Waals surface area contributed by atoms with Gasteiger partial charge in [0.15, 0.2) is 0 Å². The van der Waals surface area contributed by atoms with E-state index in [0.29, 0.717) is 11.5 Å². The monoisotopic (exact) mass is 228 g/mol. The Morgan fingerprint density at radius 2 is 1.75 bits per heavy atom. The summed E-state index contributed by atoms with van der Waals surface area (Å²) in [5.41, 5.74) is 0.332. The van der Waals surface area contributed by atoms with E-state index in [1.54, 1.807) is 0 Å². The highest BCUT2D eigenvalue weighted by Crippen LogP contribution is 2.22. The summed E-state index contributed by atoms with van der Waals surface area (Å²) in [5, 5.41) is 3.38. The van der Waals surface area contributed by atoms with Gasteiger partial charge in [0.25, 0.3) is 0 Å². The van der Waals surface area contributed by atoms with E-state index in [-0.39, 0.29) is 0 Å². The summed E-state index contributed by atoms with van der Waals surface area (Å²) in [5.74, 6) is 0.806. The summed E-state index contributed by atoms with van der Waals surface area (Å²) < 4.78 is 0. The van der Waals surface area contributed by atoms with Gasteiger partial charge in [-0.25, -0.2) is 0 Å². The summed E-state index contributed by atoms with van der Waals surface area (Å²) in [6.45, 7) is 17.4. The van der Waals surface area contributed by atoms with Crippen molar-refractivity contribution in [1.82, 2.24) is 10.2 Å². The summed E-state index contributed by atoms with van der Waals surface area (Å²) >= 11 is 0.